The predicted octanol–water partition coefficient (Wildman–Crippen LogP) is 5.46. The standard InChI is InChI=1S/C17H9ClFN3OS2/c18-14-11-2-1-10(19)7-13(11)25-15(14)16(23)22-17-21-12(8-24-17)9-3-5-20-6-4-9/h1-8H,(H,21,22,23). The Balaban J connectivity index is 1.60. The third kappa shape index (κ3) is 3.13. The van der Waals surface area contributed by atoms with Crippen molar-refractivity contribution in [1.82, 2.24) is 9.97 Å². The lowest BCUT2D eigenvalue weighted by atomic mass is 10.2. The van der Waals surface area contributed by atoms with E-state index in [0.29, 0.717) is 25.1 Å². The molecule has 0 radical (unpaired) electrons. The largest absolute Gasteiger partial charge is 0.297 e. The molecule has 3 heterocycles. The van der Waals surface area contributed by atoms with Crippen LogP contribution in [0.1, 0.15) is 9.67 Å². The van der Waals surface area contributed by atoms with Crippen LogP contribution in [0.15, 0.2) is 48.1 Å². The summed E-state index contributed by atoms with van der Waals surface area (Å²) in [7, 11) is 0. The summed E-state index contributed by atoms with van der Waals surface area (Å²) < 4.78 is 14.0. The highest BCUT2D eigenvalue weighted by Crippen LogP contribution is 2.36. The minimum Gasteiger partial charge on any atom is -0.297 e. The minimum absolute atomic E-state index is 0.323. The van der Waals surface area contributed by atoms with Crippen LogP contribution < -0.4 is 5.32 Å². The Bertz CT molecular complexity index is 1080. The number of benzene rings is 1. The van der Waals surface area contributed by atoms with Crippen molar-refractivity contribution < 1.29 is 9.18 Å². The average molecular weight is 390 g/mol. The Morgan fingerprint density at radius 1 is 1.20 bits per heavy atom. The number of carbonyl (C=O) groups excluding carboxylic acids is 1. The maximum absolute atomic E-state index is 13.3. The zero-order chi connectivity index (χ0) is 17.4. The van der Waals surface area contributed by atoms with Crippen LogP contribution in [0.4, 0.5) is 9.52 Å². The fourth-order valence-electron chi connectivity index (χ4n) is 2.33. The Hall–Kier alpha value is -2.35. The first-order valence-corrected chi connectivity index (χ1v) is 9.24. The number of thiophene rings is 1. The summed E-state index contributed by atoms with van der Waals surface area (Å²) in [5.74, 6) is -0.721. The molecule has 0 fully saturated rings. The van der Waals surface area contributed by atoms with E-state index in [9.17, 15) is 9.18 Å². The Kier molecular flexibility index (Phi) is 4.20. The van der Waals surface area contributed by atoms with Gasteiger partial charge >= 0.3 is 0 Å². The van der Waals surface area contributed by atoms with E-state index in [4.69, 9.17) is 11.6 Å². The number of halogens is 2. The molecule has 3 aromatic heterocycles. The zero-order valence-electron chi connectivity index (χ0n) is 12.5. The van der Waals surface area contributed by atoms with E-state index in [2.05, 4.69) is 15.3 Å². The van der Waals surface area contributed by atoms with Gasteiger partial charge in [0.25, 0.3) is 5.91 Å². The van der Waals surface area contributed by atoms with Gasteiger partial charge in [0.2, 0.25) is 0 Å². The highest BCUT2D eigenvalue weighted by atomic mass is 35.5. The van der Waals surface area contributed by atoms with Gasteiger partial charge in [0.15, 0.2) is 5.13 Å². The number of carbonyl (C=O) groups is 1. The van der Waals surface area contributed by atoms with Crippen molar-refractivity contribution in [3.8, 4) is 11.3 Å². The van der Waals surface area contributed by atoms with Gasteiger partial charge in [0, 0.05) is 33.4 Å². The highest BCUT2D eigenvalue weighted by Gasteiger charge is 2.18. The smallest absolute Gasteiger partial charge is 0.269 e. The second-order valence-corrected chi connectivity index (χ2v) is 7.40. The third-order valence-corrected chi connectivity index (χ3v) is 5.91. The molecule has 0 bridgehead atoms. The van der Waals surface area contributed by atoms with Crippen molar-refractivity contribution in [1.29, 1.82) is 0 Å². The molecule has 124 valence electrons. The van der Waals surface area contributed by atoms with Crippen LogP contribution in [0.25, 0.3) is 21.3 Å². The number of nitrogens with one attached hydrogen (secondary N) is 1. The number of fused-ring (bicyclic) bond motifs is 1. The van der Waals surface area contributed by atoms with Gasteiger partial charge in [0.1, 0.15) is 10.7 Å². The summed E-state index contributed by atoms with van der Waals surface area (Å²) in [6.07, 6.45) is 3.37. The molecule has 1 aromatic carbocycles. The van der Waals surface area contributed by atoms with Crippen molar-refractivity contribution in [3.63, 3.8) is 0 Å². The summed E-state index contributed by atoms with van der Waals surface area (Å²) in [6, 6.07) is 7.96. The summed E-state index contributed by atoms with van der Waals surface area (Å²) in [4.78, 5) is 21.2. The van der Waals surface area contributed by atoms with E-state index in [1.54, 1.807) is 18.5 Å². The van der Waals surface area contributed by atoms with Gasteiger partial charge in [-0.3, -0.25) is 15.1 Å². The molecule has 8 heteroatoms. The van der Waals surface area contributed by atoms with Gasteiger partial charge in [-0.05, 0) is 30.3 Å². The highest BCUT2D eigenvalue weighted by molar-refractivity contribution is 7.21. The van der Waals surface area contributed by atoms with Gasteiger partial charge in [-0.2, -0.15) is 0 Å². The van der Waals surface area contributed by atoms with Gasteiger partial charge in [-0.25, -0.2) is 9.37 Å². The number of amides is 1. The van der Waals surface area contributed by atoms with Crippen LogP contribution in [0, 0.1) is 5.82 Å². The molecule has 0 aliphatic heterocycles. The van der Waals surface area contributed by atoms with Crippen LogP contribution in [0.5, 0.6) is 0 Å². The SMILES string of the molecule is O=C(Nc1nc(-c2ccncc2)cs1)c1sc2cc(F)ccc2c1Cl. The molecule has 0 saturated carbocycles. The first-order chi connectivity index (χ1) is 12.1. The normalized spacial score (nSPS) is 11.0. The lowest BCUT2D eigenvalue weighted by molar-refractivity contribution is 0.103. The van der Waals surface area contributed by atoms with Gasteiger partial charge < -0.3 is 0 Å². The number of thiazole rings is 1. The molecule has 4 aromatic rings. The second-order valence-electron chi connectivity index (χ2n) is 5.11. The number of nitrogens with zero attached hydrogens (tertiary/aromatic N) is 2. The molecule has 0 atom stereocenters. The molecule has 0 saturated heterocycles. The topological polar surface area (TPSA) is 54.9 Å². The molecular weight excluding hydrogens is 381 g/mol. The monoisotopic (exact) mass is 389 g/mol. The van der Waals surface area contributed by atoms with Crippen molar-refractivity contribution in [2.45, 2.75) is 0 Å². The quantitative estimate of drug-likeness (QED) is 0.505. The molecule has 1 N–H and O–H groups in total. The van der Waals surface area contributed by atoms with E-state index < -0.39 is 0 Å². The van der Waals surface area contributed by atoms with E-state index >= 15 is 0 Å². The Labute approximate surface area is 154 Å². The first-order valence-electron chi connectivity index (χ1n) is 7.16. The van der Waals surface area contributed by atoms with Crippen LogP contribution in [-0.4, -0.2) is 15.9 Å². The predicted molar refractivity (Wildman–Crippen MR) is 100 cm³/mol. The minimum atomic E-state index is -0.362. The fraction of sp³-hybridized carbons (Fsp3) is 0. The van der Waals surface area contributed by atoms with Crippen molar-refractivity contribution in [3.05, 3.63) is 63.8 Å². The number of rotatable bonds is 3. The number of hydrogen-bond acceptors (Lipinski definition) is 5. The summed E-state index contributed by atoms with van der Waals surface area (Å²) in [6.45, 7) is 0. The van der Waals surface area contributed by atoms with E-state index in [-0.39, 0.29) is 11.7 Å². The Morgan fingerprint density at radius 2 is 2.00 bits per heavy atom. The third-order valence-electron chi connectivity index (χ3n) is 3.50. The fourth-order valence-corrected chi connectivity index (χ4v) is 4.48. The van der Waals surface area contributed by atoms with Gasteiger partial charge in [-0.15, -0.1) is 22.7 Å². The van der Waals surface area contributed by atoms with Crippen molar-refractivity contribution in [2.24, 2.45) is 0 Å². The van der Waals surface area contributed by atoms with E-state index in [1.165, 1.54) is 23.5 Å². The second kappa shape index (κ2) is 6.51. The maximum atomic E-state index is 13.3. The number of aromatic nitrogens is 2. The molecule has 0 aliphatic rings. The number of hydrogen-bond donors (Lipinski definition) is 1. The number of pyridine rings is 1. The lowest BCUT2D eigenvalue weighted by Gasteiger charge is -1.99. The summed E-state index contributed by atoms with van der Waals surface area (Å²) in [5.41, 5.74) is 1.68. The molecule has 1 amide bonds. The first kappa shape index (κ1) is 16.1. The molecule has 4 rings (SSSR count). The molecule has 4 nitrogen and oxygen atoms in total. The van der Waals surface area contributed by atoms with Crippen LogP contribution in [0.2, 0.25) is 5.02 Å². The van der Waals surface area contributed by atoms with Crippen molar-refractivity contribution >= 4 is 55.4 Å². The lowest BCUT2D eigenvalue weighted by Crippen LogP contribution is -2.10. The van der Waals surface area contributed by atoms with E-state index in [0.717, 1.165) is 22.6 Å². The van der Waals surface area contributed by atoms with Crippen LogP contribution >= 0.6 is 34.3 Å². The van der Waals surface area contributed by atoms with Gasteiger partial charge in [0.05, 0.1) is 10.7 Å². The van der Waals surface area contributed by atoms with Crippen molar-refractivity contribution in [2.75, 3.05) is 5.32 Å². The zero-order valence-corrected chi connectivity index (χ0v) is 14.9. The molecule has 0 unspecified atom stereocenters. The number of anilines is 1. The molecule has 0 spiro atoms. The van der Waals surface area contributed by atoms with Crippen LogP contribution in [0.3, 0.4) is 0 Å². The molecule has 25 heavy (non-hydrogen) atoms. The van der Waals surface area contributed by atoms with E-state index in [1.807, 2.05) is 17.5 Å². The molecular formula is C17H9ClFN3OS2. The maximum Gasteiger partial charge on any atom is 0.269 e. The summed E-state index contributed by atoms with van der Waals surface area (Å²) >= 11 is 8.75. The Morgan fingerprint density at radius 3 is 2.80 bits per heavy atom. The average Bonchev–Trinajstić information content (AvgIpc) is 3.20. The van der Waals surface area contributed by atoms with Gasteiger partial charge in [-0.1, -0.05) is 11.6 Å². The van der Waals surface area contributed by atoms with Crippen LogP contribution in [-0.2, 0) is 0 Å². The summed E-state index contributed by atoms with van der Waals surface area (Å²) in [5, 5.41) is 6.06. The molecule has 0 aliphatic carbocycles.